The Bertz CT molecular complexity index is 2170. The van der Waals surface area contributed by atoms with Crippen LogP contribution in [0.1, 0.15) is 90.6 Å². The predicted octanol–water partition coefficient (Wildman–Crippen LogP) is 7.62. The van der Waals surface area contributed by atoms with Gasteiger partial charge in [0, 0.05) is 62.2 Å². The standard InChI is InChI=1S/C37H41N5/c1-16-17(2)30-23(8)32-20(5)21(6)34(41-32)28-26-12-13-38-15-25(26)14-27-35(28)42-36(37(27,10)11)24(9)33-19(4)18(3)31(40-33)22(7)29(16)39-30/h12-15,39-42H,1-11H3. The number of rotatable bonds is 0. The lowest BCUT2D eigenvalue weighted by molar-refractivity contribution is 0.656. The Morgan fingerprint density at radius 2 is 1.14 bits per heavy atom. The summed E-state index contributed by atoms with van der Waals surface area (Å²) in [5, 5.41) is 8.75. The smallest absolute Gasteiger partial charge is 0.0525 e. The third kappa shape index (κ3) is 3.28. The maximum Gasteiger partial charge on any atom is 0.0525 e. The Balaban J connectivity index is 1.73. The van der Waals surface area contributed by atoms with Crippen molar-refractivity contribution in [3.63, 3.8) is 0 Å². The van der Waals surface area contributed by atoms with Crippen molar-refractivity contribution >= 4 is 33.2 Å². The van der Waals surface area contributed by atoms with Gasteiger partial charge in [0.1, 0.15) is 0 Å². The summed E-state index contributed by atoms with van der Waals surface area (Å²) in [6, 6.07) is 4.50. The molecular formula is C37H41N5. The van der Waals surface area contributed by atoms with Crippen LogP contribution in [0.3, 0.4) is 0 Å². The van der Waals surface area contributed by atoms with E-state index < -0.39 is 0 Å². The number of hydrogen-bond acceptors (Lipinski definition) is 2. The molecule has 4 aromatic heterocycles. The quantitative estimate of drug-likeness (QED) is 0.159. The molecule has 0 saturated carbocycles. The number of nitrogens with one attached hydrogen (secondary N) is 4. The number of fused-ring (bicyclic) bond motifs is 10. The number of anilines is 1. The molecule has 2 aliphatic heterocycles. The van der Waals surface area contributed by atoms with Crippen molar-refractivity contribution in [2.45, 2.75) is 81.6 Å². The van der Waals surface area contributed by atoms with Gasteiger partial charge in [0.15, 0.2) is 0 Å². The van der Waals surface area contributed by atoms with E-state index in [1.54, 1.807) is 0 Å². The first-order valence-corrected chi connectivity index (χ1v) is 15.0. The van der Waals surface area contributed by atoms with Crippen molar-refractivity contribution in [3.05, 3.63) is 96.9 Å². The SMILES string of the molecule is CC1=C2Nc3c(cc4cnccc4c3-c3[nH]c(c(C)c3C)C(C)=c3[nH]c(c(C)c3C)=C(C)c3[nH]c1c(C)c3C)C2(C)C. The topological polar surface area (TPSA) is 72.3 Å². The molecule has 2 aliphatic rings. The minimum absolute atomic E-state index is 0.224. The highest BCUT2D eigenvalue weighted by molar-refractivity contribution is 6.06. The molecule has 0 aliphatic carbocycles. The Morgan fingerprint density at radius 1 is 0.619 bits per heavy atom. The third-order valence-corrected chi connectivity index (χ3v) is 10.7. The maximum absolute atomic E-state index is 4.53. The summed E-state index contributed by atoms with van der Waals surface area (Å²) < 4.78 is 0. The fraction of sp³-hybridized carbons (Fsp3) is 0.324. The molecule has 8 bridgehead atoms. The Labute approximate surface area is 247 Å². The van der Waals surface area contributed by atoms with Crippen LogP contribution in [0.2, 0.25) is 0 Å². The van der Waals surface area contributed by atoms with Crippen LogP contribution in [0.15, 0.2) is 30.2 Å². The zero-order chi connectivity index (χ0) is 30.0. The van der Waals surface area contributed by atoms with Crippen molar-refractivity contribution in [3.8, 4) is 11.3 Å². The molecule has 1 aromatic carbocycles. The minimum atomic E-state index is -0.224. The van der Waals surface area contributed by atoms with E-state index in [1.165, 1.54) is 111 Å². The van der Waals surface area contributed by atoms with Crippen LogP contribution in [0.25, 0.3) is 38.7 Å². The van der Waals surface area contributed by atoms with Gasteiger partial charge in [-0.05, 0) is 135 Å². The fourth-order valence-electron chi connectivity index (χ4n) is 7.67. The number of aromatic amines is 3. The van der Waals surface area contributed by atoms with E-state index in [9.17, 15) is 0 Å². The van der Waals surface area contributed by atoms with Crippen LogP contribution >= 0.6 is 0 Å². The molecule has 5 nitrogen and oxygen atoms in total. The second-order valence-corrected chi connectivity index (χ2v) is 13.1. The highest BCUT2D eigenvalue weighted by Crippen LogP contribution is 2.53. The predicted molar refractivity (Wildman–Crippen MR) is 176 cm³/mol. The maximum atomic E-state index is 4.53. The molecule has 0 radical (unpaired) electrons. The van der Waals surface area contributed by atoms with Crippen molar-refractivity contribution < 1.29 is 0 Å². The molecule has 0 spiro atoms. The van der Waals surface area contributed by atoms with Gasteiger partial charge < -0.3 is 20.3 Å². The molecule has 0 atom stereocenters. The van der Waals surface area contributed by atoms with Crippen molar-refractivity contribution in [2.24, 2.45) is 0 Å². The lowest BCUT2D eigenvalue weighted by Gasteiger charge is -2.23. The highest BCUT2D eigenvalue weighted by Gasteiger charge is 2.39. The summed E-state index contributed by atoms with van der Waals surface area (Å²) in [7, 11) is 0. The summed E-state index contributed by atoms with van der Waals surface area (Å²) >= 11 is 0. The van der Waals surface area contributed by atoms with Gasteiger partial charge in [0.25, 0.3) is 0 Å². The Kier molecular flexibility index (Phi) is 5.48. The van der Waals surface area contributed by atoms with Gasteiger partial charge in [0.05, 0.1) is 11.4 Å². The van der Waals surface area contributed by atoms with Crippen molar-refractivity contribution in [1.82, 2.24) is 19.9 Å². The molecule has 5 heteroatoms. The Morgan fingerprint density at radius 3 is 1.74 bits per heavy atom. The monoisotopic (exact) mass is 555 g/mol. The summed E-state index contributed by atoms with van der Waals surface area (Å²) in [6.07, 6.45) is 3.92. The first kappa shape index (κ1) is 26.6. The first-order chi connectivity index (χ1) is 19.8. The van der Waals surface area contributed by atoms with Gasteiger partial charge >= 0.3 is 0 Å². The molecule has 7 rings (SSSR count). The zero-order valence-electron chi connectivity index (χ0n) is 26.8. The number of aromatic nitrogens is 4. The number of H-pyrrole nitrogens is 3. The van der Waals surface area contributed by atoms with E-state index in [0.717, 1.165) is 5.39 Å². The Hall–Kier alpha value is -4.25. The van der Waals surface area contributed by atoms with Gasteiger partial charge in [-0.25, -0.2) is 0 Å². The van der Waals surface area contributed by atoms with E-state index in [1.807, 2.05) is 12.4 Å². The normalized spacial score (nSPS) is 15.7. The van der Waals surface area contributed by atoms with Crippen LogP contribution in [-0.2, 0) is 5.41 Å². The van der Waals surface area contributed by atoms with Crippen LogP contribution < -0.4 is 16.0 Å². The number of pyridine rings is 1. The molecule has 0 fully saturated rings. The van der Waals surface area contributed by atoms with Crippen LogP contribution in [-0.4, -0.2) is 19.9 Å². The summed E-state index contributed by atoms with van der Waals surface area (Å²) in [5.74, 6) is 0. The van der Waals surface area contributed by atoms with E-state index >= 15 is 0 Å². The molecule has 42 heavy (non-hydrogen) atoms. The molecule has 0 amide bonds. The first-order valence-electron chi connectivity index (χ1n) is 15.0. The lowest BCUT2D eigenvalue weighted by atomic mass is 9.80. The molecule has 214 valence electrons. The number of nitrogens with zero attached hydrogens (tertiary/aromatic N) is 1. The average Bonchev–Trinajstić information content (AvgIpc) is 3.62. The van der Waals surface area contributed by atoms with Gasteiger partial charge in [-0.3, -0.25) is 4.98 Å². The lowest BCUT2D eigenvalue weighted by Crippen LogP contribution is -2.19. The highest BCUT2D eigenvalue weighted by atomic mass is 15.0. The minimum Gasteiger partial charge on any atom is -0.357 e. The fourth-order valence-corrected chi connectivity index (χ4v) is 7.67. The van der Waals surface area contributed by atoms with Crippen LogP contribution in [0, 0.1) is 41.5 Å². The molecule has 4 N–H and O–H groups in total. The van der Waals surface area contributed by atoms with Crippen LogP contribution in [0.5, 0.6) is 0 Å². The molecule has 0 unspecified atom stereocenters. The van der Waals surface area contributed by atoms with Gasteiger partial charge in [-0.1, -0.05) is 13.8 Å². The summed E-state index contributed by atoms with van der Waals surface area (Å²) in [5.41, 5.74) is 20.9. The van der Waals surface area contributed by atoms with Crippen LogP contribution in [0.4, 0.5) is 5.69 Å². The zero-order valence-corrected chi connectivity index (χ0v) is 26.8. The van der Waals surface area contributed by atoms with E-state index in [4.69, 9.17) is 0 Å². The van der Waals surface area contributed by atoms with E-state index in [0.29, 0.717) is 0 Å². The summed E-state index contributed by atoms with van der Waals surface area (Å²) in [6.45, 7) is 24.9. The van der Waals surface area contributed by atoms with Gasteiger partial charge in [0.2, 0.25) is 0 Å². The molecule has 0 saturated heterocycles. The number of allylic oxidation sites excluding steroid dienone is 2. The van der Waals surface area contributed by atoms with Crippen molar-refractivity contribution in [1.29, 1.82) is 0 Å². The van der Waals surface area contributed by atoms with E-state index in [2.05, 4.69) is 114 Å². The van der Waals surface area contributed by atoms with Crippen molar-refractivity contribution in [2.75, 3.05) is 5.32 Å². The molecular weight excluding hydrogens is 514 g/mol. The van der Waals surface area contributed by atoms with Gasteiger partial charge in [-0.2, -0.15) is 0 Å². The second-order valence-electron chi connectivity index (χ2n) is 13.1. The summed E-state index contributed by atoms with van der Waals surface area (Å²) in [4.78, 5) is 16.2. The second kappa shape index (κ2) is 8.64. The number of hydrogen-bond donors (Lipinski definition) is 4. The van der Waals surface area contributed by atoms with E-state index in [-0.39, 0.29) is 5.41 Å². The third-order valence-electron chi connectivity index (χ3n) is 10.7. The molecule has 6 heterocycles. The van der Waals surface area contributed by atoms with Gasteiger partial charge in [-0.15, -0.1) is 0 Å². The average molecular weight is 556 g/mol. The largest absolute Gasteiger partial charge is 0.357 e. The molecule has 5 aromatic rings. The number of benzene rings is 1.